The van der Waals surface area contributed by atoms with E-state index in [9.17, 15) is 13.2 Å². The van der Waals surface area contributed by atoms with E-state index in [0.717, 1.165) is 6.42 Å². The van der Waals surface area contributed by atoms with Gasteiger partial charge in [-0.3, -0.25) is 4.79 Å². The highest BCUT2D eigenvalue weighted by atomic mass is 32.2. The maximum atomic E-state index is 11.1. The number of ether oxygens (including phenoxy) is 1. The second-order valence-corrected chi connectivity index (χ2v) is 5.93. The molecule has 1 N–H and O–H groups in total. The second-order valence-electron chi connectivity index (χ2n) is 3.70. The Labute approximate surface area is 90.1 Å². The highest BCUT2D eigenvalue weighted by Crippen LogP contribution is 2.10. The molecule has 1 aliphatic heterocycles. The Morgan fingerprint density at radius 3 is 2.80 bits per heavy atom. The van der Waals surface area contributed by atoms with Gasteiger partial charge in [0, 0.05) is 6.04 Å². The first kappa shape index (κ1) is 12.4. The number of carbonyl (C=O) groups excluding carboxylic acids is 1. The molecule has 0 bridgehead atoms. The minimum Gasteiger partial charge on any atom is -0.465 e. The lowest BCUT2D eigenvalue weighted by Crippen LogP contribution is -2.35. The SMILES string of the molecule is CCCOC(=O)CNC1CCS(=O)(=O)C1. The third-order valence-corrected chi connectivity index (χ3v) is 4.00. The molecular weight excluding hydrogens is 218 g/mol. The maximum absolute atomic E-state index is 11.1. The second kappa shape index (κ2) is 5.46. The molecule has 1 heterocycles. The van der Waals surface area contributed by atoms with Gasteiger partial charge in [-0.25, -0.2) is 8.42 Å². The Morgan fingerprint density at radius 1 is 1.53 bits per heavy atom. The summed E-state index contributed by atoms with van der Waals surface area (Å²) in [5, 5.41) is 2.89. The molecule has 15 heavy (non-hydrogen) atoms. The quantitative estimate of drug-likeness (QED) is 0.663. The van der Waals surface area contributed by atoms with E-state index >= 15 is 0 Å². The van der Waals surface area contributed by atoms with E-state index in [0.29, 0.717) is 13.0 Å². The number of esters is 1. The molecule has 1 unspecified atom stereocenters. The lowest BCUT2D eigenvalue weighted by Gasteiger charge is -2.09. The van der Waals surface area contributed by atoms with E-state index in [1.54, 1.807) is 0 Å². The van der Waals surface area contributed by atoms with Gasteiger partial charge in [0.25, 0.3) is 0 Å². The summed E-state index contributed by atoms with van der Waals surface area (Å²) in [7, 11) is -2.87. The van der Waals surface area contributed by atoms with Crippen LogP contribution in [0.15, 0.2) is 0 Å². The average molecular weight is 235 g/mol. The minimum absolute atomic E-state index is 0.0934. The summed E-state index contributed by atoms with van der Waals surface area (Å²) in [4.78, 5) is 11.1. The molecule has 1 fully saturated rings. The van der Waals surface area contributed by atoms with E-state index in [2.05, 4.69) is 5.32 Å². The van der Waals surface area contributed by atoms with Crippen molar-refractivity contribution in [3.05, 3.63) is 0 Å². The van der Waals surface area contributed by atoms with Crippen molar-refractivity contribution in [3.8, 4) is 0 Å². The summed E-state index contributed by atoms with van der Waals surface area (Å²) in [6.45, 7) is 2.44. The zero-order valence-electron chi connectivity index (χ0n) is 8.86. The van der Waals surface area contributed by atoms with Gasteiger partial charge in [-0.15, -0.1) is 0 Å². The summed E-state index contributed by atoms with van der Waals surface area (Å²) < 4.78 is 27.1. The topological polar surface area (TPSA) is 72.5 Å². The predicted molar refractivity (Wildman–Crippen MR) is 56.3 cm³/mol. The Balaban J connectivity index is 2.18. The van der Waals surface area contributed by atoms with Crippen molar-refractivity contribution in [2.45, 2.75) is 25.8 Å². The van der Waals surface area contributed by atoms with Crippen LogP contribution in [0.5, 0.6) is 0 Å². The molecule has 1 aliphatic rings. The first-order valence-electron chi connectivity index (χ1n) is 5.13. The fourth-order valence-corrected chi connectivity index (χ4v) is 3.16. The summed E-state index contributed by atoms with van der Waals surface area (Å²) in [5.41, 5.74) is 0. The summed E-state index contributed by atoms with van der Waals surface area (Å²) in [6, 6.07) is -0.0934. The van der Waals surface area contributed by atoms with Crippen LogP contribution in [0.25, 0.3) is 0 Å². The van der Waals surface area contributed by atoms with Gasteiger partial charge in [-0.2, -0.15) is 0 Å². The number of sulfone groups is 1. The first-order valence-corrected chi connectivity index (χ1v) is 6.95. The Bertz CT molecular complexity index is 312. The molecule has 0 amide bonds. The number of hydrogen-bond acceptors (Lipinski definition) is 5. The number of carbonyl (C=O) groups is 1. The lowest BCUT2D eigenvalue weighted by molar-refractivity contribution is -0.142. The van der Waals surface area contributed by atoms with Crippen LogP contribution in [0.3, 0.4) is 0 Å². The predicted octanol–water partition coefficient (Wildman–Crippen LogP) is -0.284. The van der Waals surface area contributed by atoms with Gasteiger partial charge in [0.05, 0.1) is 24.7 Å². The van der Waals surface area contributed by atoms with E-state index in [4.69, 9.17) is 4.74 Å². The van der Waals surface area contributed by atoms with Crippen LogP contribution in [0.2, 0.25) is 0 Å². The lowest BCUT2D eigenvalue weighted by atomic mass is 10.3. The Kier molecular flexibility index (Phi) is 4.53. The third-order valence-electron chi connectivity index (χ3n) is 2.23. The molecule has 0 aromatic heterocycles. The minimum atomic E-state index is -2.87. The van der Waals surface area contributed by atoms with Crippen molar-refractivity contribution >= 4 is 15.8 Å². The van der Waals surface area contributed by atoms with Gasteiger partial charge in [-0.05, 0) is 12.8 Å². The molecule has 0 aromatic rings. The first-order chi connectivity index (χ1) is 7.03. The molecule has 0 saturated carbocycles. The van der Waals surface area contributed by atoms with Crippen molar-refractivity contribution in [1.29, 1.82) is 0 Å². The highest BCUT2D eigenvalue weighted by Gasteiger charge is 2.27. The molecule has 88 valence electrons. The zero-order valence-corrected chi connectivity index (χ0v) is 9.68. The van der Waals surface area contributed by atoms with E-state index < -0.39 is 9.84 Å². The molecule has 0 radical (unpaired) electrons. The van der Waals surface area contributed by atoms with Gasteiger partial charge in [-0.1, -0.05) is 6.92 Å². The van der Waals surface area contributed by atoms with Crippen LogP contribution in [0, 0.1) is 0 Å². The van der Waals surface area contributed by atoms with Gasteiger partial charge in [0.15, 0.2) is 9.84 Å². The fraction of sp³-hybridized carbons (Fsp3) is 0.889. The molecule has 1 rings (SSSR count). The summed E-state index contributed by atoms with van der Waals surface area (Å²) in [6.07, 6.45) is 1.38. The largest absolute Gasteiger partial charge is 0.465 e. The Hall–Kier alpha value is -0.620. The van der Waals surface area contributed by atoms with E-state index in [1.165, 1.54) is 0 Å². The van der Waals surface area contributed by atoms with Crippen LogP contribution in [-0.4, -0.2) is 45.1 Å². The summed E-state index contributed by atoms with van der Waals surface area (Å²) in [5.74, 6) is 0.0316. The molecule has 1 atom stereocenters. The Morgan fingerprint density at radius 2 is 2.27 bits per heavy atom. The summed E-state index contributed by atoms with van der Waals surface area (Å²) >= 11 is 0. The maximum Gasteiger partial charge on any atom is 0.319 e. The van der Waals surface area contributed by atoms with E-state index in [-0.39, 0.29) is 30.1 Å². The monoisotopic (exact) mass is 235 g/mol. The molecule has 0 aromatic carbocycles. The van der Waals surface area contributed by atoms with Crippen LogP contribution in [0.4, 0.5) is 0 Å². The number of nitrogens with one attached hydrogen (secondary N) is 1. The van der Waals surface area contributed by atoms with Crippen LogP contribution < -0.4 is 5.32 Å². The molecule has 6 heteroatoms. The van der Waals surface area contributed by atoms with Crippen LogP contribution >= 0.6 is 0 Å². The van der Waals surface area contributed by atoms with Crippen molar-refractivity contribution in [3.63, 3.8) is 0 Å². The van der Waals surface area contributed by atoms with Gasteiger partial charge >= 0.3 is 5.97 Å². The standard InChI is InChI=1S/C9H17NO4S/c1-2-4-14-9(11)6-10-8-3-5-15(12,13)7-8/h8,10H,2-7H2,1H3. The van der Waals surface area contributed by atoms with Gasteiger partial charge < -0.3 is 10.1 Å². The van der Waals surface area contributed by atoms with Crippen molar-refractivity contribution in [1.82, 2.24) is 5.32 Å². The molecular formula is C9H17NO4S. The zero-order chi connectivity index (χ0) is 11.3. The molecule has 5 nitrogen and oxygen atoms in total. The fourth-order valence-electron chi connectivity index (χ4n) is 1.45. The highest BCUT2D eigenvalue weighted by molar-refractivity contribution is 7.91. The smallest absolute Gasteiger partial charge is 0.319 e. The van der Waals surface area contributed by atoms with Crippen molar-refractivity contribution in [2.24, 2.45) is 0 Å². The van der Waals surface area contributed by atoms with Gasteiger partial charge in [0.1, 0.15) is 0 Å². The third kappa shape index (κ3) is 4.61. The van der Waals surface area contributed by atoms with Crippen molar-refractivity contribution in [2.75, 3.05) is 24.7 Å². The number of hydrogen-bond donors (Lipinski definition) is 1. The molecule has 0 spiro atoms. The van der Waals surface area contributed by atoms with Crippen LogP contribution in [0.1, 0.15) is 19.8 Å². The van der Waals surface area contributed by atoms with Crippen LogP contribution in [-0.2, 0) is 19.4 Å². The van der Waals surface area contributed by atoms with E-state index in [1.807, 2.05) is 6.92 Å². The van der Waals surface area contributed by atoms with Crippen molar-refractivity contribution < 1.29 is 17.9 Å². The number of rotatable bonds is 5. The average Bonchev–Trinajstić information content (AvgIpc) is 2.52. The molecule has 1 saturated heterocycles. The normalized spacial score (nSPS) is 23.9. The molecule has 0 aliphatic carbocycles. The van der Waals surface area contributed by atoms with Gasteiger partial charge in [0.2, 0.25) is 0 Å².